The topological polar surface area (TPSA) is 115 Å². The van der Waals surface area contributed by atoms with E-state index in [9.17, 15) is 14.7 Å². The number of hydrogen-bond acceptors (Lipinski definition) is 6. The van der Waals surface area contributed by atoms with Gasteiger partial charge in [-0.2, -0.15) is 0 Å². The largest absolute Gasteiger partial charge is 0.480 e. The zero-order valence-corrected chi connectivity index (χ0v) is 19.8. The quantitative estimate of drug-likeness (QED) is 0.273. The van der Waals surface area contributed by atoms with Gasteiger partial charge in [-0.25, -0.2) is 4.79 Å². The van der Waals surface area contributed by atoms with Crippen LogP contribution in [-0.2, 0) is 21.6 Å². The Balaban J connectivity index is 1.25. The van der Waals surface area contributed by atoms with Gasteiger partial charge in [0, 0.05) is 11.5 Å². The summed E-state index contributed by atoms with van der Waals surface area (Å²) in [5.74, 6) is 6.08. The first kappa shape index (κ1) is 22.6. The zero-order chi connectivity index (χ0) is 25.6. The van der Waals surface area contributed by atoms with Gasteiger partial charge >= 0.3 is 12.1 Å². The number of ether oxygens (including phenoxy) is 1. The minimum atomic E-state index is -0.948. The number of para-hydroxylation sites is 1. The Morgan fingerprint density at radius 2 is 1.81 bits per heavy atom. The van der Waals surface area contributed by atoms with Crippen molar-refractivity contribution >= 4 is 39.9 Å². The van der Waals surface area contributed by atoms with E-state index in [0.29, 0.717) is 46.4 Å². The lowest BCUT2D eigenvalue weighted by Gasteiger charge is -2.08. The fourth-order valence-corrected chi connectivity index (χ4v) is 4.26. The Hall–Kier alpha value is -4.90. The molecule has 3 heterocycles. The predicted octanol–water partition coefficient (Wildman–Crippen LogP) is 6.35. The molecule has 8 heteroatoms. The molecule has 1 amide bonds. The molecule has 1 saturated carbocycles. The lowest BCUT2D eigenvalue weighted by atomic mass is 10.0. The molecule has 1 aliphatic carbocycles. The number of nitrogens with one attached hydrogen (secondary N) is 1. The van der Waals surface area contributed by atoms with Crippen LogP contribution in [0.1, 0.15) is 41.2 Å². The Kier molecular flexibility index (Phi) is 5.27. The third kappa shape index (κ3) is 4.10. The van der Waals surface area contributed by atoms with Crippen LogP contribution in [0.25, 0.3) is 22.1 Å². The molecule has 3 aromatic heterocycles. The summed E-state index contributed by atoms with van der Waals surface area (Å²) in [5, 5.41) is 13.6. The van der Waals surface area contributed by atoms with Gasteiger partial charge in [-0.1, -0.05) is 36.4 Å². The predicted molar refractivity (Wildman–Crippen MR) is 134 cm³/mol. The molecule has 0 unspecified atom stereocenters. The van der Waals surface area contributed by atoms with E-state index in [0.717, 1.165) is 11.1 Å². The smallest absolute Gasteiger partial charge is 0.412 e. The molecule has 6 rings (SSSR count). The summed E-state index contributed by atoms with van der Waals surface area (Å²) in [5.41, 5.74) is 1.95. The van der Waals surface area contributed by atoms with Crippen molar-refractivity contribution in [3.8, 4) is 11.8 Å². The molecule has 0 radical (unpaired) electrons. The van der Waals surface area contributed by atoms with Gasteiger partial charge in [-0.05, 0) is 60.9 Å². The standard InChI is InChI=1S/C29H21NO7/c1-17-6-2-3-7-18(17)16-34-28(33)30-25-21-8-4-5-9-22(21)36-23(25)11-10-20-14-19-15-24(37-26(19)35-20)29(12-13-29)27(31)32/h2-9,14-15H,12-13,16H2,1H3,(H,30,33)(H,31,32). The number of aryl methyl sites for hydroxylation is 1. The lowest BCUT2D eigenvalue weighted by Crippen LogP contribution is -2.18. The Morgan fingerprint density at radius 3 is 2.57 bits per heavy atom. The van der Waals surface area contributed by atoms with Gasteiger partial charge in [-0.15, -0.1) is 0 Å². The number of carboxylic acid groups (broad SMARTS) is 1. The molecule has 1 fully saturated rings. The van der Waals surface area contributed by atoms with Crippen LogP contribution in [0.4, 0.5) is 10.5 Å². The summed E-state index contributed by atoms with van der Waals surface area (Å²) in [6.07, 6.45) is 0.453. The van der Waals surface area contributed by atoms with Crippen molar-refractivity contribution in [3.63, 3.8) is 0 Å². The van der Waals surface area contributed by atoms with E-state index in [-0.39, 0.29) is 18.1 Å². The van der Waals surface area contributed by atoms with Crippen molar-refractivity contribution < 1.29 is 32.7 Å². The van der Waals surface area contributed by atoms with Crippen LogP contribution in [0.5, 0.6) is 0 Å². The summed E-state index contributed by atoms with van der Waals surface area (Å²) >= 11 is 0. The maximum absolute atomic E-state index is 12.6. The SMILES string of the molecule is Cc1ccccc1COC(=O)Nc1c(C#Cc2cc3cc(C4(C(=O)O)CC4)oc3o2)oc2ccccc12. The van der Waals surface area contributed by atoms with Gasteiger partial charge in [0.05, 0.1) is 5.39 Å². The number of carboxylic acids is 1. The van der Waals surface area contributed by atoms with E-state index in [1.807, 2.05) is 49.4 Å². The Labute approximate surface area is 210 Å². The number of hydrogen-bond donors (Lipinski definition) is 2. The first-order valence-electron chi connectivity index (χ1n) is 11.7. The molecule has 184 valence electrons. The number of rotatable bonds is 5. The maximum atomic E-state index is 12.6. The molecule has 37 heavy (non-hydrogen) atoms. The van der Waals surface area contributed by atoms with Crippen molar-refractivity contribution in [2.24, 2.45) is 0 Å². The average Bonchev–Trinajstić information content (AvgIpc) is 3.32. The maximum Gasteiger partial charge on any atom is 0.412 e. The van der Waals surface area contributed by atoms with Crippen molar-refractivity contribution in [2.45, 2.75) is 31.8 Å². The van der Waals surface area contributed by atoms with Crippen LogP contribution >= 0.6 is 0 Å². The Bertz CT molecular complexity index is 1700. The normalized spacial score (nSPS) is 13.8. The number of benzene rings is 2. The number of aliphatic carboxylic acids is 1. The molecule has 1 aliphatic rings. The van der Waals surface area contributed by atoms with E-state index in [4.69, 9.17) is 18.0 Å². The molecule has 0 spiro atoms. The number of anilines is 1. The summed E-state index contributed by atoms with van der Waals surface area (Å²) in [6, 6.07) is 18.3. The van der Waals surface area contributed by atoms with Crippen LogP contribution in [-0.4, -0.2) is 17.2 Å². The highest BCUT2D eigenvalue weighted by molar-refractivity contribution is 6.01. The first-order valence-corrected chi connectivity index (χ1v) is 11.7. The number of carbonyl (C=O) groups is 2. The number of fused-ring (bicyclic) bond motifs is 2. The third-order valence-corrected chi connectivity index (χ3v) is 6.59. The minimum Gasteiger partial charge on any atom is -0.480 e. The summed E-state index contributed by atoms with van der Waals surface area (Å²) in [4.78, 5) is 24.2. The molecule has 0 atom stereocenters. The average molecular weight is 495 g/mol. The van der Waals surface area contributed by atoms with E-state index < -0.39 is 17.5 Å². The second-order valence-electron chi connectivity index (χ2n) is 9.03. The second kappa shape index (κ2) is 8.64. The fraction of sp³-hybridized carbons (Fsp3) is 0.172. The molecular formula is C29H21NO7. The van der Waals surface area contributed by atoms with Gasteiger partial charge in [0.25, 0.3) is 5.78 Å². The third-order valence-electron chi connectivity index (χ3n) is 6.59. The van der Waals surface area contributed by atoms with E-state index in [1.165, 1.54) is 0 Å². The molecule has 0 bridgehead atoms. The monoisotopic (exact) mass is 495 g/mol. The van der Waals surface area contributed by atoms with Crippen molar-refractivity contribution in [1.82, 2.24) is 0 Å². The van der Waals surface area contributed by atoms with E-state index in [1.54, 1.807) is 18.2 Å². The van der Waals surface area contributed by atoms with Gasteiger partial charge in [0.1, 0.15) is 29.1 Å². The fourth-order valence-electron chi connectivity index (χ4n) is 4.26. The van der Waals surface area contributed by atoms with Gasteiger partial charge < -0.3 is 23.1 Å². The highest BCUT2D eigenvalue weighted by Crippen LogP contribution is 2.50. The highest BCUT2D eigenvalue weighted by atomic mass is 16.5. The summed E-state index contributed by atoms with van der Waals surface area (Å²) in [7, 11) is 0. The van der Waals surface area contributed by atoms with Crippen LogP contribution in [0.3, 0.4) is 0 Å². The van der Waals surface area contributed by atoms with Crippen LogP contribution in [0.15, 0.2) is 73.9 Å². The molecule has 5 aromatic rings. The lowest BCUT2D eigenvalue weighted by molar-refractivity contribution is -0.140. The zero-order valence-electron chi connectivity index (χ0n) is 19.8. The van der Waals surface area contributed by atoms with Crippen molar-refractivity contribution in [3.05, 3.63) is 89.1 Å². The van der Waals surface area contributed by atoms with E-state index >= 15 is 0 Å². The summed E-state index contributed by atoms with van der Waals surface area (Å²) in [6.45, 7) is 2.09. The van der Waals surface area contributed by atoms with Gasteiger partial charge in [-0.3, -0.25) is 10.1 Å². The van der Waals surface area contributed by atoms with Crippen LogP contribution < -0.4 is 5.32 Å². The van der Waals surface area contributed by atoms with E-state index in [2.05, 4.69) is 17.2 Å². The number of carbonyl (C=O) groups excluding carboxylic acids is 1. The molecular weight excluding hydrogens is 474 g/mol. The van der Waals surface area contributed by atoms with Crippen LogP contribution in [0, 0.1) is 18.8 Å². The highest BCUT2D eigenvalue weighted by Gasteiger charge is 2.54. The van der Waals surface area contributed by atoms with Gasteiger partial charge in [0.2, 0.25) is 5.76 Å². The summed E-state index contributed by atoms with van der Waals surface area (Å²) < 4.78 is 22.7. The first-order chi connectivity index (χ1) is 17.9. The Morgan fingerprint density at radius 1 is 1.03 bits per heavy atom. The second-order valence-corrected chi connectivity index (χ2v) is 9.03. The van der Waals surface area contributed by atoms with Crippen molar-refractivity contribution in [2.75, 3.05) is 5.32 Å². The van der Waals surface area contributed by atoms with Crippen molar-refractivity contribution in [1.29, 1.82) is 0 Å². The molecule has 0 aliphatic heterocycles. The molecule has 8 nitrogen and oxygen atoms in total. The van der Waals surface area contributed by atoms with Gasteiger partial charge in [0.15, 0.2) is 5.76 Å². The molecule has 2 N–H and O–H groups in total. The number of furan rings is 3. The molecule has 2 aromatic carbocycles. The number of amides is 1. The van der Waals surface area contributed by atoms with Crippen LogP contribution in [0.2, 0.25) is 0 Å². The minimum absolute atomic E-state index is 0.131. The molecule has 0 saturated heterocycles.